The number of rotatable bonds is 6. The highest BCUT2D eigenvalue weighted by atomic mass is 127. The maximum Gasteiger partial charge on any atom is 0.191 e. The van der Waals surface area contributed by atoms with E-state index in [9.17, 15) is 8.42 Å². The third kappa shape index (κ3) is 6.58. The fourth-order valence-electron chi connectivity index (χ4n) is 2.45. The maximum atomic E-state index is 11.5. The van der Waals surface area contributed by atoms with E-state index in [0.717, 1.165) is 12.2 Å². The number of nitrogens with zero attached hydrogens (tertiary/aromatic N) is 2. The second-order valence-electron chi connectivity index (χ2n) is 6.22. The summed E-state index contributed by atoms with van der Waals surface area (Å²) in [5.41, 5.74) is 0.921. The van der Waals surface area contributed by atoms with E-state index in [-0.39, 0.29) is 35.6 Å². The van der Waals surface area contributed by atoms with Gasteiger partial charge in [0.1, 0.15) is 6.54 Å². The van der Waals surface area contributed by atoms with Gasteiger partial charge in [0.05, 0.1) is 17.2 Å². The summed E-state index contributed by atoms with van der Waals surface area (Å²) >= 11 is 0. The van der Waals surface area contributed by atoms with Gasteiger partial charge in [0.2, 0.25) is 0 Å². The van der Waals surface area contributed by atoms with Crippen molar-refractivity contribution >= 4 is 39.8 Å². The molecule has 0 radical (unpaired) electrons. The zero-order chi connectivity index (χ0) is 16.9. The molecule has 24 heavy (non-hydrogen) atoms. The molecule has 0 aliphatic carbocycles. The van der Waals surface area contributed by atoms with Crippen molar-refractivity contribution in [2.24, 2.45) is 10.9 Å². The molecule has 1 aromatic rings. The number of hydrogen-bond donors (Lipinski definition) is 2. The molecule has 1 aliphatic heterocycles. The van der Waals surface area contributed by atoms with Gasteiger partial charge in [-0.15, -0.1) is 24.0 Å². The molecule has 0 spiro atoms. The minimum atomic E-state index is -2.84. The van der Waals surface area contributed by atoms with Crippen molar-refractivity contribution in [1.82, 2.24) is 15.8 Å². The fraction of sp³-hybridized carbons (Fsp3) is 0.733. The van der Waals surface area contributed by atoms with Crippen molar-refractivity contribution in [3.8, 4) is 0 Å². The molecule has 7 nitrogen and oxygen atoms in total. The molecule has 1 unspecified atom stereocenters. The van der Waals surface area contributed by atoms with Crippen molar-refractivity contribution < 1.29 is 12.9 Å². The van der Waals surface area contributed by atoms with Crippen LogP contribution >= 0.6 is 24.0 Å². The van der Waals surface area contributed by atoms with E-state index in [4.69, 9.17) is 4.52 Å². The number of aliphatic imine (C=N–C) groups is 1. The van der Waals surface area contributed by atoms with Crippen molar-refractivity contribution in [3.05, 3.63) is 17.5 Å². The van der Waals surface area contributed by atoms with Gasteiger partial charge in [-0.05, 0) is 25.2 Å². The van der Waals surface area contributed by atoms with Crippen LogP contribution in [0.15, 0.2) is 15.6 Å². The predicted octanol–water partition coefficient (Wildman–Crippen LogP) is 1.91. The minimum absolute atomic E-state index is 0. The van der Waals surface area contributed by atoms with Gasteiger partial charge in [-0.2, -0.15) is 0 Å². The molecule has 1 fully saturated rings. The Bertz CT molecular complexity index is 643. The van der Waals surface area contributed by atoms with Gasteiger partial charge in [0.25, 0.3) is 0 Å². The summed E-state index contributed by atoms with van der Waals surface area (Å²) in [6, 6.07) is 1.92. The molecule has 9 heteroatoms. The first-order valence-electron chi connectivity index (χ1n) is 8.07. The van der Waals surface area contributed by atoms with Crippen molar-refractivity contribution in [3.63, 3.8) is 0 Å². The van der Waals surface area contributed by atoms with Crippen LogP contribution in [-0.4, -0.2) is 44.1 Å². The van der Waals surface area contributed by atoms with E-state index in [1.165, 1.54) is 0 Å². The Morgan fingerprint density at radius 2 is 2.21 bits per heavy atom. The molecule has 0 saturated carbocycles. The highest BCUT2D eigenvalue weighted by Crippen LogP contribution is 2.17. The third-order valence-corrected chi connectivity index (χ3v) is 5.63. The van der Waals surface area contributed by atoms with E-state index in [1.807, 2.05) is 13.0 Å². The van der Waals surface area contributed by atoms with Crippen LogP contribution in [0.2, 0.25) is 0 Å². The lowest BCUT2D eigenvalue weighted by atomic mass is 10.1. The average Bonchev–Trinajstić information content (AvgIpc) is 3.08. The van der Waals surface area contributed by atoms with E-state index >= 15 is 0 Å². The van der Waals surface area contributed by atoms with Gasteiger partial charge in [0.15, 0.2) is 21.6 Å². The van der Waals surface area contributed by atoms with Gasteiger partial charge < -0.3 is 15.2 Å². The first-order chi connectivity index (χ1) is 10.9. The third-order valence-electron chi connectivity index (χ3n) is 3.79. The number of guanidine groups is 1. The zero-order valence-electron chi connectivity index (χ0n) is 14.4. The molecule has 0 aromatic carbocycles. The highest BCUT2D eigenvalue weighted by molar-refractivity contribution is 14.0. The van der Waals surface area contributed by atoms with Gasteiger partial charge >= 0.3 is 0 Å². The predicted molar refractivity (Wildman–Crippen MR) is 106 cm³/mol. The van der Waals surface area contributed by atoms with Crippen LogP contribution in [0.4, 0.5) is 0 Å². The summed E-state index contributed by atoms with van der Waals surface area (Å²) in [5.74, 6) is 2.42. The van der Waals surface area contributed by atoms with Gasteiger partial charge in [-0.25, -0.2) is 13.4 Å². The van der Waals surface area contributed by atoms with E-state index in [0.29, 0.717) is 42.9 Å². The lowest BCUT2D eigenvalue weighted by Crippen LogP contribution is -2.40. The van der Waals surface area contributed by atoms with E-state index in [2.05, 4.69) is 34.6 Å². The molecule has 2 N–H and O–H groups in total. The molecule has 0 bridgehead atoms. The Labute approximate surface area is 161 Å². The van der Waals surface area contributed by atoms with Crippen molar-refractivity contribution in [1.29, 1.82) is 0 Å². The number of nitrogens with one attached hydrogen (secondary N) is 2. The van der Waals surface area contributed by atoms with Crippen LogP contribution in [0.5, 0.6) is 0 Å². The van der Waals surface area contributed by atoms with Crippen LogP contribution in [0.1, 0.15) is 44.6 Å². The molecule has 138 valence electrons. The summed E-state index contributed by atoms with van der Waals surface area (Å²) in [6.07, 6.45) is 0.717. The van der Waals surface area contributed by atoms with Gasteiger partial charge in [0, 0.05) is 19.2 Å². The normalized spacial score (nSPS) is 20.0. The number of aromatic nitrogens is 1. The van der Waals surface area contributed by atoms with Crippen molar-refractivity contribution in [2.45, 2.75) is 39.7 Å². The quantitative estimate of drug-likeness (QED) is 0.375. The Kier molecular flexibility index (Phi) is 8.48. The smallest absolute Gasteiger partial charge is 0.191 e. The Balaban J connectivity index is 0.00000288. The average molecular weight is 470 g/mol. The Morgan fingerprint density at radius 3 is 2.75 bits per heavy atom. The standard InChI is InChI=1S/C15H26N4O3S.HI/c1-4-16-15(17-8-12-5-6-23(20,21)10-12)18-9-13-7-14(11(2)3)19-22-13;/h7,11-12H,4-6,8-10H2,1-3H3,(H2,16,17,18);1H. The largest absolute Gasteiger partial charge is 0.359 e. The molecule has 2 rings (SSSR count). The lowest BCUT2D eigenvalue weighted by molar-refractivity contribution is 0.376. The van der Waals surface area contributed by atoms with E-state index < -0.39 is 9.84 Å². The van der Waals surface area contributed by atoms with Gasteiger partial charge in [-0.1, -0.05) is 19.0 Å². The Morgan fingerprint density at radius 1 is 1.46 bits per heavy atom. The molecule has 1 aliphatic rings. The fourth-order valence-corrected chi connectivity index (χ4v) is 4.31. The molecular weight excluding hydrogens is 443 g/mol. The van der Waals surface area contributed by atoms with E-state index in [1.54, 1.807) is 0 Å². The van der Waals surface area contributed by atoms with Crippen LogP contribution in [0.3, 0.4) is 0 Å². The number of halogens is 1. The first-order valence-corrected chi connectivity index (χ1v) is 9.90. The van der Waals surface area contributed by atoms with Crippen LogP contribution in [0, 0.1) is 5.92 Å². The Hall–Kier alpha value is -0.840. The summed E-state index contributed by atoms with van der Waals surface area (Å²) in [5, 5.41) is 10.4. The number of sulfone groups is 1. The second kappa shape index (κ2) is 9.59. The lowest BCUT2D eigenvalue weighted by Gasteiger charge is -2.13. The summed E-state index contributed by atoms with van der Waals surface area (Å²) in [4.78, 5) is 4.46. The van der Waals surface area contributed by atoms with Crippen LogP contribution in [0.25, 0.3) is 0 Å². The molecule has 2 heterocycles. The summed E-state index contributed by atoms with van der Waals surface area (Å²) < 4.78 is 28.2. The molecule has 0 amide bonds. The summed E-state index contributed by atoms with van der Waals surface area (Å²) in [7, 11) is -2.84. The minimum Gasteiger partial charge on any atom is -0.359 e. The maximum absolute atomic E-state index is 11.5. The zero-order valence-corrected chi connectivity index (χ0v) is 17.6. The molecule has 1 saturated heterocycles. The molecular formula is C15H27IN4O3S. The summed E-state index contributed by atoms with van der Waals surface area (Å²) in [6.45, 7) is 7.86. The topological polar surface area (TPSA) is 96.6 Å². The highest BCUT2D eigenvalue weighted by Gasteiger charge is 2.27. The monoisotopic (exact) mass is 470 g/mol. The van der Waals surface area contributed by atoms with Crippen LogP contribution in [-0.2, 0) is 16.4 Å². The first kappa shape index (κ1) is 21.2. The number of hydrogen-bond acceptors (Lipinski definition) is 5. The van der Waals surface area contributed by atoms with Crippen LogP contribution < -0.4 is 10.6 Å². The van der Waals surface area contributed by atoms with Crippen molar-refractivity contribution in [2.75, 3.05) is 24.6 Å². The molecule has 1 atom stereocenters. The molecule has 1 aromatic heterocycles. The van der Waals surface area contributed by atoms with Gasteiger partial charge in [-0.3, -0.25) is 0 Å². The second-order valence-corrected chi connectivity index (χ2v) is 8.45. The SMILES string of the molecule is CCNC(=NCc1cc(C(C)C)no1)NCC1CCS(=O)(=O)C1.I.